The lowest BCUT2D eigenvalue weighted by molar-refractivity contribution is -0.157. The molecule has 1 heterocycles. The lowest BCUT2D eigenvalue weighted by Crippen LogP contribution is -2.36. The Morgan fingerprint density at radius 1 is 1.19 bits per heavy atom. The van der Waals surface area contributed by atoms with Crippen LogP contribution in [0.15, 0.2) is 42.5 Å². The normalized spacial score (nSPS) is 13.9. The lowest BCUT2D eigenvalue weighted by Gasteiger charge is -2.23. The molecular weight excluding hydrogens is 426 g/mol. The summed E-state index contributed by atoms with van der Waals surface area (Å²) in [5.74, 6) is 2.77. The number of anilines is 1. The molecule has 2 aromatic rings. The van der Waals surface area contributed by atoms with Gasteiger partial charge in [-0.25, -0.2) is 4.39 Å². The summed E-state index contributed by atoms with van der Waals surface area (Å²) in [5, 5.41) is 4.82. The molecule has 2 amide bonds. The summed E-state index contributed by atoms with van der Waals surface area (Å²) in [4.78, 5) is 25.4. The molecular formula is C23H21F4N3O2. The Morgan fingerprint density at radius 3 is 2.56 bits per heavy atom. The van der Waals surface area contributed by atoms with Crippen molar-refractivity contribution in [1.82, 2.24) is 10.6 Å². The van der Waals surface area contributed by atoms with E-state index in [1.807, 2.05) is 0 Å². The van der Waals surface area contributed by atoms with E-state index in [0.717, 1.165) is 12.1 Å². The van der Waals surface area contributed by atoms with E-state index >= 15 is 0 Å². The Hall–Kier alpha value is -3.38. The molecule has 168 valence electrons. The van der Waals surface area contributed by atoms with Gasteiger partial charge in [0.1, 0.15) is 11.9 Å². The zero-order chi connectivity index (χ0) is 23.3. The molecule has 32 heavy (non-hydrogen) atoms. The Balaban J connectivity index is 1.76. The van der Waals surface area contributed by atoms with Crippen molar-refractivity contribution in [3.8, 4) is 11.8 Å². The van der Waals surface area contributed by atoms with Crippen LogP contribution in [-0.4, -0.2) is 31.1 Å². The molecule has 1 aliphatic heterocycles. The van der Waals surface area contributed by atoms with Crippen molar-refractivity contribution in [3.63, 3.8) is 0 Å². The summed E-state index contributed by atoms with van der Waals surface area (Å²) >= 11 is 0. The minimum absolute atomic E-state index is 0.0469. The molecule has 0 radical (unpaired) electrons. The first kappa shape index (κ1) is 23.3. The van der Waals surface area contributed by atoms with E-state index < -0.39 is 29.8 Å². The summed E-state index contributed by atoms with van der Waals surface area (Å²) in [7, 11) is 0. The van der Waals surface area contributed by atoms with Crippen molar-refractivity contribution in [1.29, 1.82) is 0 Å². The number of halogens is 4. The van der Waals surface area contributed by atoms with Crippen LogP contribution < -0.4 is 15.5 Å². The molecule has 0 fully saturated rings. The highest BCUT2D eigenvalue weighted by Gasteiger charge is 2.42. The van der Waals surface area contributed by atoms with Crippen LogP contribution in [-0.2, 0) is 11.3 Å². The SMILES string of the molecule is CC#CC(=O)NCCCNC(c1cc(F)c2c(c1)C(=O)N(c1ccccc1)C2)C(F)(F)F. The quantitative estimate of drug-likeness (QED) is 0.387. The number of nitrogens with one attached hydrogen (secondary N) is 2. The van der Waals surface area contributed by atoms with Crippen LogP contribution in [0.3, 0.4) is 0 Å². The van der Waals surface area contributed by atoms with Crippen LogP contribution in [0.1, 0.15) is 40.9 Å². The molecule has 0 aliphatic carbocycles. The summed E-state index contributed by atoms with van der Waals surface area (Å²) in [6.45, 7) is 1.49. The Kier molecular flexibility index (Phi) is 7.15. The van der Waals surface area contributed by atoms with E-state index in [1.165, 1.54) is 11.8 Å². The van der Waals surface area contributed by atoms with E-state index in [4.69, 9.17) is 0 Å². The number of para-hydroxylation sites is 1. The van der Waals surface area contributed by atoms with Gasteiger partial charge in [-0.1, -0.05) is 24.1 Å². The number of rotatable bonds is 7. The number of amides is 2. The van der Waals surface area contributed by atoms with Gasteiger partial charge in [-0.3, -0.25) is 9.59 Å². The lowest BCUT2D eigenvalue weighted by atomic mass is 9.99. The Morgan fingerprint density at radius 2 is 1.91 bits per heavy atom. The number of nitrogens with zero attached hydrogens (tertiary/aromatic N) is 1. The molecule has 0 spiro atoms. The largest absolute Gasteiger partial charge is 0.407 e. The van der Waals surface area contributed by atoms with Gasteiger partial charge >= 0.3 is 6.18 Å². The first-order chi connectivity index (χ1) is 15.2. The first-order valence-electron chi connectivity index (χ1n) is 9.92. The van der Waals surface area contributed by atoms with Crippen LogP contribution in [0.25, 0.3) is 0 Å². The zero-order valence-corrected chi connectivity index (χ0v) is 17.2. The summed E-state index contributed by atoms with van der Waals surface area (Å²) in [6, 6.07) is 8.31. The molecule has 0 saturated carbocycles. The summed E-state index contributed by atoms with van der Waals surface area (Å²) < 4.78 is 55.8. The summed E-state index contributed by atoms with van der Waals surface area (Å²) in [5.41, 5.74) is 0.154. The van der Waals surface area contributed by atoms with Crippen LogP contribution >= 0.6 is 0 Å². The van der Waals surface area contributed by atoms with E-state index in [1.54, 1.807) is 30.3 Å². The van der Waals surface area contributed by atoms with Crippen LogP contribution in [0, 0.1) is 17.7 Å². The molecule has 5 nitrogen and oxygen atoms in total. The minimum atomic E-state index is -4.71. The number of fused-ring (bicyclic) bond motifs is 1. The topological polar surface area (TPSA) is 61.4 Å². The number of alkyl halides is 3. The van der Waals surface area contributed by atoms with Crippen molar-refractivity contribution in [2.45, 2.75) is 32.1 Å². The number of carbonyl (C=O) groups is 2. The third-order valence-electron chi connectivity index (χ3n) is 4.96. The minimum Gasteiger partial charge on any atom is -0.345 e. The third kappa shape index (κ3) is 5.26. The van der Waals surface area contributed by atoms with Crippen LogP contribution in [0.5, 0.6) is 0 Å². The second-order valence-electron chi connectivity index (χ2n) is 7.17. The second kappa shape index (κ2) is 9.83. The Bertz CT molecular complexity index is 1060. The molecule has 2 N–H and O–H groups in total. The second-order valence-corrected chi connectivity index (χ2v) is 7.17. The van der Waals surface area contributed by atoms with Crippen molar-refractivity contribution >= 4 is 17.5 Å². The first-order valence-corrected chi connectivity index (χ1v) is 9.92. The zero-order valence-electron chi connectivity index (χ0n) is 17.2. The van der Waals surface area contributed by atoms with Gasteiger partial charge < -0.3 is 15.5 Å². The van der Waals surface area contributed by atoms with Crippen molar-refractivity contribution in [3.05, 3.63) is 65.0 Å². The predicted molar refractivity (Wildman–Crippen MR) is 111 cm³/mol. The maximum absolute atomic E-state index is 14.7. The average Bonchev–Trinajstić information content (AvgIpc) is 3.07. The van der Waals surface area contributed by atoms with Gasteiger partial charge in [0.25, 0.3) is 11.8 Å². The smallest absolute Gasteiger partial charge is 0.345 e. The van der Waals surface area contributed by atoms with Crippen LogP contribution in [0.4, 0.5) is 23.2 Å². The van der Waals surface area contributed by atoms with Gasteiger partial charge in [0.05, 0.1) is 6.54 Å². The van der Waals surface area contributed by atoms with Crippen molar-refractivity contribution in [2.75, 3.05) is 18.0 Å². The molecule has 0 aromatic heterocycles. The highest BCUT2D eigenvalue weighted by atomic mass is 19.4. The van der Waals surface area contributed by atoms with Crippen molar-refractivity contribution in [2.24, 2.45) is 0 Å². The molecule has 1 atom stereocenters. The standard InChI is InChI=1S/C23H21F4N3O2/c1-2-7-20(31)28-10-6-11-29-21(23(25,26)27)15-12-17-18(19(24)13-15)14-30(22(17)32)16-8-4-3-5-9-16/h3-5,8-9,12-13,21,29H,6,10-11,14H2,1H3,(H,28,31). The van der Waals surface area contributed by atoms with Gasteiger partial charge in [0.15, 0.2) is 0 Å². The highest BCUT2D eigenvalue weighted by molar-refractivity contribution is 6.10. The molecule has 2 aromatic carbocycles. The van der Waals surface area contributed by atoms with Gasteiger partial charge in [0, 0.05) is 23.4 Å². The highest BCUT2D eigenvalue weighted by Crippen LogP contribution is 2.37. The van der Waals surface area contributed by atoms with E-state index in [2.05, 4.69) is 22.5 Å². The fourth-order valence-corrected chi connectivity index (χ4v) is 3.48. The molecule has 3 rings (SSSR count). The Labute approximate surface area is 182 Å². The van der Waals surface area contributed by atoms with E-state index in [9.17, 15) is 27.2 Å². The molecule has 0 bridgehead atoms. The number of hydrogen-bond acceptors (Lipinski definition) is 3. The third-order valence-corrected chi connectivity index (χ3v) is 4.96. The number of benzene rings is 2. The van der Waals surface area contributed by atoms with Gasteiger partial charge in [-0.2, -0.15) is 13.2 Å². The fourth-order valence-electron chi connectivity index (χ4n) is 3.48. The molecule has 1 aliphatic rings. The maximum atomic E-state index is 14.7. The van der Waals surface area contributed by atoms with Crippen LogP contribution in [0.2, 0.25) is 0 Å². The molecule has 1 unspecified atom stereocenters. The summed E-state index contributed by atoms with van der Waals surface area (Å²) in [6.07, 6.45) is -4.50. The fraction of sp³-hybridized carbons (Fsp3) is 0.304. The van der Waals surface area contributed by atoms with Gasteiger partial charge in [0.2, 0.25) is 0 Å². The van der Waals surface area contributed by atoms with Gasteiger partial charge in [-0.05, 0) is 55.6 Å². The molecule has 0 saturated heterocycles. The number of carbonyl (C=O) groups excluding carboxylic acids is 2. The monoisotopic (exact) mass is 447 g/mol. The van der Waals surface area contributed by atoms with Gasteiger partial charge in [-0.15, -0.1) is 0 Å². The van der Waals surface area contributed by atoms with Crippen molar-refractivity contribution < 1.29 is 27.2 Å². The van der Waals surface area contributed by atoms with E-state index in [-0.39, 0.29) is 42.7 Å². The average molecular weight is 447 g/mol. The molecule has 9 heteroatoms. The maximum Gasteiger partial charge on any atom is 0.407 e. The van der Waals surface area contributed by atoms with E-state index in [0.29, 0.717) is 5.69 Å². The number of hydrogen-bond donors (Lipinski definition) is 2. The predicted octanol–water partition coefficient (Wildman–Crippen LogP) is 3.71.